The highest BCUT2D eigenvalue weighted by atomic mass is 32.1. The number of aromatic nitrogens is 3. The number of hydrogen-bond acceptors (Lipinski definition) is 7. The Labute approximate surface area is 177 Å². The molecule has 2 unspecified atom stereocenters. The SMILES string of the molecule is Cc1nc(C)c(-c2ccc(=O)n(CCNC(=O)C3Oc4ccccc4OC3C)n2)s1. The Hall–Kier alpha value is -3.20. The lowest BCUT2D eigenvalue weighted by atomic mass is 10.1. The Bertz CT molecular complexity index is 1140. The lowest BCUT2D eigenvalue weighted by Gasteiger charge is -2.31. The summed E-state index contributed by atoms with van der Waals surface area (Å²) in [5.41, 5.74) is 1.34. The summed E-state index contributed by atoms with van der Waals surface area (Å²) >= 11 is 1.54. The largest absolute Gasteiger partial charge is 0.482 e. The predicted octanol–water partition coefficient (Wildman–Crippen LogP) is 2.33. The zero-order chi connectivity index (χ0) is 21.3. The van der Waals surface area contributed by atoms with Crippen LogP contribution in [0.4, 0.5) is 0 Å². The molecule has 1 aromatic carbocycles. The number of fused-ring (bicyclic) bond motifs is 1. The van der Waals surface area contributed by atoms with Gasteiger partial charge in [-0.3, -0.25) is 9.59 Å². The van der Waals surface area contributed by atoms with Crippen LogP contribution in [0.5, 0.6) is 11.5 Å². The molecule has 0 aliphatic carbocycles. The molecule has 1 amide bonds. The number of amides is 1. The zero-order valence-corrected chi connectivity index (χ0v) is 17.7. The van der Waals surface area contributed by atoms with Gasteiger partial charge in [0.05, 0.1) is 22.1 Å². The van der Waals surface area contributed by atoms with Gasteiger partial charge in [-0.2, -0.15) is 5.10 Å². The average molecular weight is 426 g/mol. The second kappa shape index (κ2) is 8.27. The maximum Gasteiger partial charge on any atom is 0.266 e. The molecule has 0 spiro atoms. The number of nitrogens with zero attached hydrogens (tertiary/aromatic N) is 3. The molecule has 0 saturated heterocycles. The van der Waals surface area contributed by atoms with Crippen LogP contribution in [0.3, 0.4) is 0 Å². The first kappa shape index (κ1) is 20.1. The lowest BCUT2D eigenvalue weighted by Crippen LogP contribution is -2.49. The Kier molecular flexibility index (Phi) is 5.54. The maximum atomic E-state index is 12.6. The van der Waals surface area contributed by atoms with Crippen molar-refractivity contribution >= 4 is 17.2 Å². The van der Waals surface area contributed by atoms with E-state index in [-0.39, 0.29) is 24.6 Å². The number of aryl methyl sites for hydroxylation is 2. The first-order valence-corrected chi connectivity index (χ1v) is 10.5. The van der Waals surface area contributed by atoms with Gasteiger partial charge in [-0.15, -0.1) is 11.3 Å². The maximum absolute atomic E-state index is 12.6. The second-order valence-electron chi connectivity index (χ2n) is 7.03. The topological polar surface area (TPSA) is 95.3 Å². The quantitative estimate of drug-likeness (QED) is 0.673. The Balaban J connectivity index is 1.41. The molecule has 0 bridgehead atoms. The number of ether oxygens (including phenoxy) is 2. The number of carbonyl (C=O) groups is 1. The van der Waals surface area contributed by atoms with Gasteiger partial charge >= 0.3 is 0 Å². The molecule has 30 heavy (non-hydrogen) atoms. The molecule has 3 aromatic rings. The number of carbonyl (C=O) groups excluding carboxylic acids is 1. The molecule has 1 N–H and O–H groups in total. The van der Waals surface area contributed by atoms with Gasteiger partial charge in [-0.25, -0.2) is 9.67 Å². The van der Waals surface area contributed by atoms with Crippen molar-refractivity contribution in [3.63, 3.8) is 0 Å². The van der Waals surface area contributed by atoms with Crippen molar-refractivity contribution in [3.8, 4) is 22.1 Å². The number of nitrogens with one attached hydrogen (secondary N) is 1. The smallest absolute Gasteiger partial charge is 0.266 e. The van der Waals surface area contributed by atoms with Crippen LogP contribution in [0.25, 0.3) is 10.6 Å². The number of para-hydroxylation sites is 2. The summed E-state index contributed by atoms with van der Waals surface area (Å²) in [6.07, 6.45) is -1.19. The van der Waals surface area contributed by atoms with E-state index in [0.717, 1.165) is 15.6 Å². The van der Waals surface area contributed by atoms with Gasteiger partial charge in [-0.05, 0) is 39.0 Å². The minimum Gasteiger partial charge on any atom is -0.482 e. The van der Waals surface area contributed by atoms with E-state index in [9.17, 15) is 9.59 Å². The van der Waals surface area contributed by atoms with E-state index < -0.39 is 12.2 Å². The standard InChI is InChI=1S/C21H22N4O4S/c1-12-20(30-14(3)23-12)15-8-9-18(26)25(24-15)11-10-22-21(27)19-13(2)28-16-6-4-5-7-17(16)29-19/h4-9,13,19H,10-11H2,1-3H3,(H,22,27). The summed E-state index contributed by atoms with van der Waals surface area (Å²) in [6.45, 7) is 6.12. The molecule has 0 fully saturated rings. The average Bonchev–Trinajstić information content (AvgIpc) is 3.06. The minimum absolute atomic E-state index is 0.230. The van der Waals surface area contributed by atoms with Crippen molar-refractivity contribution < 1.29 is 14.3 Å². The van der Waals surface area contributed by atoms with E-state index >= 15 is 0 Å². The fourth-order valence-electron chi connectivity index (χ4n) is 3.29. The Morgan fingerprint density at radius 3 is 2.60 bits per heavy atom. The normalized spacial score (nSPS) is 17.6. The van der Waals surface area contributed by atoms with Crippen LogP contribution in [0.1, 0.15) is 17.6 Å². The highest BCUT2D eigenvalue weighted by Gasteiger charge is 2.33. The second-order valence-corrected chi connectivity index (χ2v) is 8.23. The molecule has 1 aliphatic rings. The van der Waals surface area contributed by atoms with Crippen molar-refractivity contribution in [1.29, 1.82) is 0 Å². The van der Waals surface area contributed by atoms with E-state index in [1.54, 1.807) is 25.1 Å². The number of hydrogen-bond donors (Lipinski definition) is 1. The summed E-state index contributed by atoms with van der Waals surface area (Å²) in [4.78, 5) is 30.1. The molecule has 2 aromatic heterocycles. The number of rotatable bonds is 5. The molecule has 4 rings (SSSR count). The van der Waals surface area contributed by atoms with Crippen molar-refractivity contribution in [2.75, 3.05) is 6.54 Å². The van der Waals surface area contributed by atoms with Crippen molar-refractivity contribution in [2.24, 2.45) is 0 Å². The van der Waals surface area contributed by atoms with Crippen LogP contribution in [-0.2, 0) is 11.3 Å². The molecule has 156 valence electrons. The fourth-order valence-corrected chi connectivity index (χ4v) is 4.18. The summed E-state index contributed by atoms with van der Waals surface area (Å²) in [5, 5.41) is 8.19. The van der Waals surface area contributed by atoms with Crippen molar-refractivity contribution in [2.45, 2.75) is 39.5 Å². The first-order chi connectivity index (χ1) is 14.4. The van der Waals surface area contributed by atoms with Gasteiger partial charge in [0.2, 0.25) is 6.10 Å². The highest BCUT2D eigenvalue weighted by Crippen LogP contribution is 2.33. The van der Waals surface area contributed by atoms with Gasteiger partial charge in [0.15, 0.2) is 11.5 Å². The van der Waals surface area contributed by atoms with E-state index in [0.29, 0.717) is 17.2 Å². The van der Waals surface area contributed by atoms with E-state index in [4.69, 9.17) is 9.47 Å². The predicted molar refractivity (Wildman–Crippen MR) is 113 cm³/mol. The van der Waals surface area contributed by atoms with Gasteiger partial charge in [0, 0.05) is 12.6 Å². The van der Waals surface area contributed by atoms with Crippen LogP contribution in [0.15, 0.2) is 41.2 Å². The summed E-state index contributed by atoms with van der Waals surface area (Å²) in [7, 11) is 0. The molecular formula is C21H22N4O4S. The van der Waals surface area contributed by atoms with Gasteiger partial charge in [0.25, 0.3) is 11.5 Å². The molecular weight excluding hydrogens is 404 g/mol. The third-order valence-corrected chi connectivity index (χ3v) is 5.82. The third-order valence-electron chi connectivity index (χ3n) is 4.73. The Morgan fingerprint density at radius 1 is 1.17 bits per heavy atom. The Morgan fingerprint density at radius 2 is 1.90 bits per heavy atom. The summed E-state index contributed by atoms with van der Waals surface area (Å²) in [5.74, 6) is 0.863. The summed E-state index contributed by atoms with van der Waals surface area (Å²) in [6, 6.07) is 10.4. The van der Waals surface area contributed by atoms with Crippen LogP contribution in [0.2, 0.25) is 0 Å². The van der Waals surface area contributed by atoms with E-state index in [1.165, 1.54) is 22.1 Å². The fraction of sp³-hybridized carbons (Fsp3) is 0.333. The molecule has 2 atom stereocenters. The molecule has 0 radical (unpaired) electrons. The molecule has 3 heterocycles. The monoisotopic (exact) mass is 426 g/mol. The number of thiazole rings is 1. The molecule has 9 heteroatoms. The van der Waals surface area contributed by atoms with Crippen molar-refractivity contribution in [3.05, 3.63) is 57.5 Å². The first-order valence-electron chi connectivity index (χ1n) is 9.65. The van der Waals surface area contributed by atoms with E-state index in [1.807, 2.05) is 26.0 Å². The third kappa shape index (κ3) is 4.06. The van der Waals surface area contributed by atoms with Crippen LogP contribution < -0.4 is 20.3 Å². The minimum atomic E-state index is -0.765. The van der Waals surface area contributed by atoms with Gasteiger partial charge in [0.1, 0.15) is 11.8 Å². The molecule has 0 saturated carbocycles. The highest BCUT2D eigenvalue weighted by molar-refractivity contribution is 7.15. The lowest BCUT2D eigenvalue weighted by molar-refractivity contribution is -0.133. The molecule has 1 aliphatic heterocycles. The number of benzene rings is 1. The van der Waals surface area contributed by atoms with Gasteiger partial charge < -0.3 is 14.8 Å². The van der Waals surface area contributed by atoms with Crippen LogP contribution in [0, 0.1) is 13.8 Å². The summed E-state index contributed by atoms with van der Waals surface area (Å²) < 4.78 is 12.9. The van der Waals surface area contributed by atoms with Crippen LogP contribution in [-0.4, -0.2) is 39.4 Å². The van der Waals surface area contributed by atoms with Gasteiger partial charge in [-0.1, -0.05) is 12.1 Å². The van der Waals surface area contributed by atoms with Crippen molar-refractivity contribution in [1.82, 2.24) is 20.1 Å². The van der Waals surface area contributed by atoms with Crippen LogP contribution >= 0.6 is 11.3 Å². The van der Waals surface area contributed by atoms with E-state index in [2.05, 4.69) is 15.4 Å². The zero-order valence-electron chi connectivity index (χ0n) is 16.9. The molecule has 8 nitrogen and oxygen atoms in total.